The third-order valence-electron chi connectivity index (χ3n) is 6.18. The number of ether oxygens (including phenoxy) is 1. The number of rotatable bonds is 8. The van der Waals surface area contributed by atoms with Crippen LogP contribution in [0.25, 0.3) is 0 Å². The first-order valence-corrected chi connectivity index (χ1v) is 11.6. The summed E-state index contributed by atoms with van der Waals surface area (Å²) in [6, 6.07) is 14.0. The molecule has 2 heterocycles. The fraction of sp³-hybridized carbons (Fsp3) is 0.400. The Labute approximate surface area is 198 Å². The number of aromatic carboxylic acids is 1. The highest BCUT2D eigenvalue weighted by Crippen LogP contribution is 2.25. The average Bonchev–Trinajstić information content (AvgIpc) is 3.39. The van der Waals surface area contributed by atoms with Gasteiger partial charge < -0.3 is 25.0 Å². The number of benzene rings is 2. The molecule has 2 aromatic carbocycles. The van der Waals surface area contributed by atoms with Crippen LogP contribution in [-0.4, -0.2) is 85.1 Å². The molecule has 2 aliphatic rings. The van der Waals surface area contributed by atoms with E-state index in [1.807, 2.05) is 17.0 Å². The Hall–Kier alpha value is -3.59. The number of para-hydroxylation sites is 1. The number of carbonyl (C=O) groups excluding carboxylic acids is 2. The van der Waals surface area contributed by atoms with Crippen molar-refractivity contribution in [3.05, 3.63) is 54.1 Å². The van der Waals surface area contributed by atoms with Gasteiger partial charge in [-0.05, 0) is 43.2 Å². The lowest BCUT2D eigenvalue weighted by Gasteiger charge is -2.36. The standard InChI is InChI=1S/C25H30N4O5/c30-23(18-34-20-6-2-1-3-7-20)26-22-9-8-19(16-21(22)25(32)33)28-14-12-27(13-15-28)17-24(31)29-10-4-5-11-29/h1-3,6-9,16H,4-5,10-15,17-18H2,(H,26,30)(H,32,33). The molecule has 0 bridgehead atoms. The first-order chi connectivity index (χ1) is 16.5. The molecule has 0 unspecified atom stereocenters. The Morgan fingerprint density at radius 2 is 1.62 bits per heavy atom. The molecule has 0 atom stereocenters. The summed E-state index contributed by atoms with van der Waals surface area (Å²) in [6.07, 6.45) is 2.17. The van der Waals surface area contributed by atoms with Gasteiger partial charge in [0.1, 0.15) is 5.75 Å². The summed E-state index contributed by atoms with van der Waals surface area (Å²) in [6.45, 7) is 4.80. The highest BCUT2D eigenvalue weighted by molar-refractivity contribution is 6.01. The van der Waals surface area contributed by atoms with Gasteiger partial charge in [0.15, 0.2) is 6.61 Å². The summed E-state index contributed by atoms with van der Waals surface area (Å²) in [5.74, 6) is -0.797. The molecule has 180 valence electrons. The van der Waals surface area contributed by atoms with E-state index in [-0.39, 0.29) is 23.8 Å². The molecule has 0 radical (unpaired) electrons. The van der Waals surface area contributed by atoms with E-state index in [9.17, 15) is 19.5 Å². The van der Waals surface area contributed by atoms with Crippen molar-refractivity contribution in [3.8, 4) is 5.75 Å². The van der Waals surface area contributed by atoms with Gasteiger partial charge in [0, 0.05) is 45.0 Å². The minimum absolute atomic E-state index is 0.0252. The molecular formula is C25H30N4O5. The summed E-state index contributed by atoms with van der Waals surface area (Å²) in [4.78, 5) is 42.7. The van der Waals surface area contributed by atoms with Gasteiger partial charge >= 0.3 is 5.97 Å². The number of piperazine rings is 1. The van der Waals surface area contributed by atoms with E-state index in [0.717, 1.165) is 44.7 Å². The van der Waals surface area contributed by atoms with Crippen LogP contribution in [0.15, 0.2) is 48.5 Å². The van der Waals surface area contributed by atoms with Crippen molar-refractivity contribution < 1.29 is 24.2 Å². The summed E-state index contributed by atoms with van der Waals surface area (Å²) in [5.41, 5.74) is 1.03. The fourth-order valence-corrected chi connectivity index (χ4v) is 4.29. The highest BCUT2D eigenvalue weighted by Gasteiger charge is 2.24. The Morgan fingerprint density at radius 1 is 0.912 bits per heavy atom. The lowest BCUT2D eigenvalue weighted by Crippen LogP contribution is -2.49. The van der Waals surface area contributed by atoms with Crippen molar-refractivity contribution in [2.75, 3.05) is 62.6 Å². The number of carbonyl (C=O) groups is 3. The monoisotopic (exact) mass is 466 g/mol. The molecule has 2 aliphatic heterocycles. The molecule has 9 nitrogen and oxygen atoms in total. The SMILES string of the molecule is O=C(COc1ccccc1)Nc1ccc(N2CCN(CC(=O)N3CCCC3)CC2)cc1C(=O)O. The van der Waals surface area contributed by atoms with Crippen LogP contribution in [0.4, 0.5) is 11.4 Å². The molecule has 4 rings (SSSR count). The number of hydrogen-bond donors (Lipinski definition) is 2. The largest absolute Gasteiger partial charge is 0.484 e. The maximum atomic E-state index is 12.4. The maximum Gasteiger partial charge on any atom is 0.337 e. The van der Waals surface area contributed by atoms with Crippen molar-refractivity contribution in [3.63, 3.8) is 0 Å². The average molecular weight is 467 g/mol. The van der Waals surface area contributed by atoms with E-state index < -0.39 is 11.9 Å². The van der Waals surface area contributed by atoms with Crippen LogP contribution < -0.4 is 15.0 Å². The summed E-state index contributed by atoms with van der Waals surface area (Å²) in [7, 11) is 0. The topological polar surface area (TPSA) is 102 Å². The van der Waals surface area contributed by atoms with Crippen LogP contribution >= 0.6 is 0 Å². The van der Waals surface area contributed by atoms with Gasteiger partial charge in [-0.25, -0.2) is 4.79 Å². The first kappa shape index (κ1) is 23.6. The number of likely N-dealkylation sites (tertiary alicyclic amines) is 1. The van der Waals surface area contributed by atoms with Gasteiger partial charge in [-0.1, -0.05) is 18.2 Å². The second-order valence-corrected chi connectivity index (χ2v) is 8.54. The minimum Gasteiger partial charge on any atom is -0.484 e. The third-order valence-corrected chi connectivity index (χ3v) is 6.18. The first-order valence-electron chi connectivity index (χ1n) is 11.6. The second-order valence-electron chi connectivity index (χ2n) is 8.54. The number of nitrogens with zero attached hydrogens (tertiary/aromatic N) is 3. The van der Waals surface area contributed by atoms with Crippen molar-refractivity contribution in [2.24, 2.45) is 0 Å². The summed E-state index contributed by atoms with van der Waals surface area (Å²) >= 11 is 0. The zero-order valence-corrected chi connectivity index (χ0v) is 19.1. The Bertz CT molecular complexity index is 1020. The van der Waals surface area contributed by atoms with Crippen molar-refractivity contribution >= 4 is 29.2 Å². The van der Waals surface area contributed by atoms with Crippen molar-refractivity contribution in [1.82, 2.24) is 9.80 Å². The van der Waals surface area contributed by atoms with Gasteiger partial charge in [-0.15, -0.1) is 0 Å². The van der Waals surface area contributed by atoms with Crippen LogP contribution in [-0.2, 0) is 9.59 Å². The Morgan fingerprint density at radius 3 is 2.29 bits per heavy atom. The smallest absolute Gasteiger partial charge is 0.337 e. The molecule has 2 amide bonds. The van der Waals surface area contributed by atoms with Crippen molar-refractivity contribution in [1.29, 1.82) is 0 Å². The molecular weight excluding hydrogens is 436 g/mol. The van der Waals surface area contributed by atoms with Crippen LogP contribution in [0.2, 0.25) is 0 Å². The second kappa shape index (κ2) is 11.0. The number of carboxylic acid groups (broad SMARTS) is 1. The van der Waals surface area contributed by atoms with E-state index >= 15 is 0 Å². The maximum absolute atomic E-state index is 12.4. The predicted octanol–water partition coefficient (Wildman–Crippen LogP) is 2.15. The lowest BCUT2D eigenvalue weighted by molar-refractivity contribution is -0.131. The fourth-order valence-electron chi connectivity index (χ4n) is 4.29. The zero-order valence-electron chi connectivity index (χ0n) is 19.1. The number of anilines is 2. The normalized spacial score (nSPS) is 16.4. The van der Waals surface area contributed by atoms with Gasteiger partial charge in [0.25, 0.3) is 5.91 Å². The quantitative estimate of drug-likeness (QED) is 0.615. The van der Waals surface area contributed by atoms with E-state index in [4.69, 9.17) is 4.74 Å². The van der Waals surface area contributed by atoms with Crippen LogP contribution in [0, 0.1) is 0 Å². The molecule has 0 aliphatic carbocycles. The van der Waals surface area contributed by atoms with E-state index in [2.05, 4.69) is 15.1 Å². The van der Waals surface area contributed by atoms with Gasteiger partial charge in [0.2, 0.25) is 5.91 Å². The third kappa shape index (κ3) is 6.05. The predicted molar refractivity (Wildman–Crippen MR) is 128 cm³/mol. The number of nitrogens with one attached hydrogen (secondary N) is 1. The molecule has 34 heavy (non-hydrogen) atoms. The molecule has 2 aromatic rings. The van der Waals surface area contributed by atoms with E-state index in [1.54, 1.807) is 36.4 Å². The molecule has 2 N–H and O–H groups in total. The van der Waals surface area contributed by atoms with Gasteiger partial charge in [-0.3, -0.25) is 14.5 Å². The molecule has 0 spiro atoms. The molecule has 0 saturated carbocycles. The molecule has 2 saturated heterocycles. The van der Waals surface area contributed by atoms with Crippen LogP contribution in [0.5, 0.6) is 5.75 Å². The van der Waals surface area contributed by atoms with Crippen molar-refractivity contribution in [2.45, 2.75) is 12.8 Å². The lowest BCUT2D eigenvalue weighted by atomic mass is 10.1. The molecule has 9 heteroatoms. The van der Waals surface area contributed by atoms with E-state index in [1.165, 1.54) is 0 Å². The summed E-state index contributed by atoms with van der Waals surface area (Å²) in [5, 5.41) is 12.3. The van der Waals surface area contributed by atoms with Crippen LogP contribution in [0.3, 0.4) is 0 Å². The molecule has 2 fully saturated rings. The van der Waals surface area contributed by atoms with E-state index in [0.29, 0.717) is 25.4 Å². The number of hydrogen-bond acceptors (Lipinski definition) is 6. The Kier molecular flexibility index (Phi) is 7.64. The number of carboxylic acids is 1. The van der Waals surface area contributed by atoms with Gasteiger partial charge in [0.05, 0.1) is 17.8 Å². The minimum atomic E-state index is -1.11. The zero-order chi connectivity index (χ0) is 23.9. The Balaban J connectivity index is 1.32. The summed E-state index contributed by atoms with van der Waals surface area (Å²) < 4.78 is 5.43. The van der Waals surface area contributed by atoms with Gasteiger partial charge in [-0.2, -0.15) is 0 Å². The van der Waals surface area contributed by atoms with Crippen LogP contribution in [0.1, 0.15) is 23.2 Å². The molecule has 0 aromatic heterocycles. The highest BCUT2D eigenvalue weighted by atomic mass is 16.5. The number of amides is 2.